The Labute approximate surface area is 145 Å². The second kappa shape index (κ2) is 7.36. The average molecular weight is 341 g/mol. The summed E-state index contributed by atoms with van der Waals surface area (Å²) in [6.07, 6.45) is -0.693. The highest BCUT2D eigenvalue weighted by Gasteiger charge is 2.29. The molecule has 0 saturated heterocycles. The Morgan fingerprint density at radius 1 is 1.04 bits per heavy atom. The number of rotatable bonds is 6. The van der Waals surface area contributed by atoms with Gasteiger partial charge < -0.3 is 20.3 Å². The second-order valence-corrected chi connectivity index (χ2v) is 5.92. The number of carboxylic acids is 1. The van der Waals surface area contributed by atoms with Crippen molar-refractivity contribution in [2.45, 2.75) is 5.92 Å². The first-order valence-electron chi connectivity index (χ1n) is 8.04. The number of alkyl carbamates (subject to hydrolysis) is 1. The number of hydrogen-bond acceptors (Lipinski definition) is 4. The Balaban J connectivity index is 1.65. The molecule has 130 valence electrons. The summed E-state index contributed by atoms with van der Waals surface area (Å²) in [5.41, 5.74) is 4.49. The lowest BCUT2D eigenvalue weighted by atomic mass is 9.98. The Morgan fingerprint density at radius 2 is 1.60 bits per heavy atom. The number of amides is 1. The van der Waals surface area contributed by atoms with Crippen LogP contribution in [0.2, 0.25) is 0 Å². The van der Waals surface area contributed by atoms with Crippen molar-refractivity contribution < 1.29 is 24.5 Å². The molecule has 2 aromatic carbocycles. The molecule has 0 spiro atoms. The smallest absolute Gasteiger partial charge is 0.407 e. The normalized spacial score (nSPS) is 13.6. The third-order valence-corrected chi connectivity index (χ3v) is 4.41. The van der Waals surface area contributed by atoms with Crippen molar-refractivity contribution in [1.29, 1.82) is 0 Å². The van der Waals surface area contributed by atoms with Crippen LogP contribution in [-0.4, -0.2) is 42.0 Å². The summed E-state index contributed by atoms with van der Waals surface area (Å²) in [5, 5.41) is 20.2. The van der Waals surface area contributed by atoms with E-state index >= 15 is 0 Å². The maximum atomic E-state index is 11.9. The number of carboxylic acid groups (broad SMARTS) is 1. The minimum Gasteiger partial charge on any atom is -0.481 e. The van der Waals surface area contributed by atoms with E-state index in [1.165, 1.54) is 0 Å². The standard InChI is InChI=1S/C19H19NO5/c21-10-12(18(22)23)9-20-19(24)25-11-17-15-7-3-1-5-13(15)14-6-2-4-8-16(14)17/h1-8,12,17,21H,9-11H2,(H,20,24)(H,22,23)/t12-/m0/s1. The average Bonchev–Trinajstić information content (AvgIpc) is 2.94. The molecular formula is C19H19NO5. The van der Waals surface area contributed by atoms with Crippen LogP contribution in [-0.2, 0) is 9.53 Å². The van der Waals surface area contributed by atoms with E-state index in [1.807, 2.05) is 48.5 Å². The predicted octanol–water partition coefficient (Wildman–Crippen LogP) is 2.22. The molecule has 6 nitrogen and oxygen atoms in total. The van der Waals surface area contributed by atoms with Crippen LogP contribution in [0.4, 0.5) is 4.79 Å². The first-order chi connectivity index (χ1) is 12.1. The van der Waals surface area contributed by atoms with Crippen LogP contribution < -0.4 is 5.32 Å². The molecule has 0 heterocycles. The van der Waals surface area contributed by atoms with Crippen LogP contribution in [0, 0.1) is 5.92 Å². The fourth-order valence-electron chi connectivity index (χ4n) is 3.09. The Hall–Kier alpha value is -2.86. The molecule has 2 aromatic rings. The SMILES string of the molecule is O=C(NC[C@@H](CO)C(=O)O)OCC1c2ccccc2-c2ccccc21. The van der Waals surface area contributed by atoms with Crippen molar-refractivity contribution in [2.75, 3.05) is 19.8 Å². The molecule has 0 saturated carbocycles. The van der Waals surface area contributed by atoms with E-state index in [2.05, 4.69) is 5.32 Å². The minimum atomic E-state index is -1.17. The molecule has 0 bridgehead atoms. The van der Waals surface area contributed by atoms with Gasteiger partial charge in [0.05, 0.1) is 12.5 Å². The number of aliphatic hydroxyl groups excluding tert-OH is 1. The molecule has 1 amide bonds. The van der Waals surface area contributed by atoms with E-state index in [9.17, 15) is 9.59 Å². The van der Waals surface area contributed by atoms with Crippen LogP contribution in [0.5, 0.6) is 0 Å². The van der Waals surface area contributed by atoms with Crippen LogP contribution in [0.15, 0.2) is 48.5 Å². The molecule has 0 radical (unpaired) electrons. The van der Waals surface area contributed by atoms with E-state index in [1.54, 1.807) is 0 Å². The first kappa shape index (κ1) is 17.0. The Morgan fingerprint density at radius 3 is 2.12 bits per heavy atom. The maximum absolute atomic E-state index is 11.9. The van der Waals surface area contributed by atoms with E-state index in [4.69, 9.17) is 14.9 Å². The van der Waals surface area contributed by atoms with Crippen molar-refractivity contribution in [2.24, 2.45) is 5.92 Å². The Bertz CT molecular complexity index is 743. The van der Waals surface area contributed by atoms with Gasteiger partial charge in [0.25, 0.3) is 0 Å². The third-order valence-electron chi connectivity index (χ3n) is 4.41. The van der Waals surface area contributed by atoms with Gasteiger partial charge in [0.2, 0.25) is 0 Å². The van der Waals surface area contributed by atoms with Gasteiger partial charge in [-0.15, -0.1) is 0 Å². The number of aliphatic carboxylic acids is 1. The van der Waals surface area contributed by atoms with Gasteiger partial charge >= 0.3 is 12.1 Å². The number of ether oxygens (including phenoxy) is 1. The first-order valence-corrected chi connectivity index (χ1v) is 8.04. The highest BCUT2D eigenvalue weighted by Crippen LogP contribution is 2.44. The molecule has 1 aliphatic rings. The van der Waals surface area contributed by atoms with Gasteiger partial charge in [-0.1, -0.05) is 48.5 Å². The molecule has 25 heavy (non-hydrogen) atoms. The number of carbonyl (C=O) groups excluding carboxylic acids is 1. The van der Waals surface area contributed by atoms with Gasteiger partial charge in [-0.05, 0) is 22.3 Å². The monoisotopic (exact) mass is 341 g/mol. The fraction of sp³-hybridized carbons (Fsp3) is 0.263. The van der Waals surface area contributed by atoms with Gasteiger partial charge in [0.15, 0.2) is 0 Å². The molecule has 1 atom stereocenters. The largest absolute Gasteiger partial charge is 0.481 e. The molecule has 0 unspecified atom stereocenters. The van der Waals surface area contributed by atoms with Gasteiger partial charge in [-0.25, -0.2) is 4.79 Å². The summed E-state index contributed by atoms with van der Waals surface area (Å²) in [5.74, 6) is -2.26. The molecule has 6 heteroatoms. The summed E-state index contributed by atoms with van der Waals surface area (Å²) in [4.78, 5) is 22.7. The number of aliphatic hydroxyl groups is 1. The van der Waals surface area contributed by atoms with Crippen LogP contribution in [0.25, 0.3) is 11.1 Å². The molecule has 0 aliphatic heterocycles. The summed E-state index contributed by atoms with van der Waals surface area (Å²) in [6.45, 7) is -0.557. The van der Waals surface area contributed by atoms with Gasteiger partial charge in [0, 0.05) is 12.5 Å². The zero-order valence-corrected chi connectivity index (χ0v) is 13.5. The second-order valence-electron chi connectivity index (χ2n) is 5.92. The lowest BCUT2D eigenvalue weighted by Gasteiger charge is -2.15. The number of carbonyl (C=O) groups is 2. The van der Waals surface area contributed by atoms with Crippen molar-refractivity contribution >= 4 is 12.1 Å². The van der Waals surface area contributed by atoms with E-state index in [-0.39, 0.29) is 19.1 Å². The zero-order valence-electron chi connectivity index (χ0n) is 13.5. The molecule has 3 rings (SSSR count). The number of hydrogen-bond donors (Lipinski definition) is 3. The van der Waals surface area contributed by atoms with Crippen LogP contribution in [0.1, 0.15) is 17.0 Å². The topological polar surface area (TPSA) is 95.9 Å². The number of benzene rings is 2. The van der Waals surface area contributed by atoms with Crippen LogP contribution in [0.3, 0.4) is 0 Å². The van der Waals surface area contributed by atoms with Crippen molar-refractivity contribution in [3.05, 3.63) is 59.7 Å². The zero-order chi connectivity index (χ0) is 17.8. The fourth-order valence-corrected chi connectivity index (χ4v) is 3.09. The lowest BCUT2D eigenvalue weighted by Crippen LogP contribution is -2.35. The quantitative estimate of drug-likeness (QED) is 0.749. The number of nitrogens with one attached hydrogen (secondary N) is 1. The Kier molecular flexibility index (Phi) is 5.00. The summed E-state index contributed by atoms with van der Waals surface area (Å²) < 4.78 is 5.29. The van der Waals surface area contributed by atoms with E-state index in [0.717, 1.165) is 22.3 Å². The third kappa shape index (κ3) is 3.49. The van der Waals surface area contributed by atoms with Crippen LogP contribution >= 0.6 is 0 Å². The predicted molar refractivity (Wildman–Crippen MR) is 91.3 cm³/mol. The van der Waals surface area contributed by atoms with Crippen molar-refractivity contribution in [1.82, 2.24) is 5.32 Å². The molecule has 0 fully saturated rings. The minimum absolute atomic E-state index is 0.0498. The molecule has 1 aliphatic carbocycles. The van der Waals surface area contributed by atoms with Crippen molar-refractivity contribution in [3.63, 3.8) is 0 Å². The number of fused-ring (bicyclic) bond motifs is 3. The highest BCUT2D eigenvalue weighted by atomic mass is 16.5. The van der Waals surface area contributed by atoms with E-state index < -0.39 is 24.6 Å². The summed E-state index contributed by atoms with van der Waals surface area (Å²) >= 11 is 0. The maximum Gasteiger partial charge on any atom is 0.407 e. The van der Waals surface area contributed by atoms with E-state index in [0.29, 0.717) is 0 Å². The summed E-state index contributed by atoms with van der Waals surface area (Å²) in [6, 6.07) is 16.0. The van der Waals surface area contributed by atoms with Gasteiger partial charge in [0.1, 0.15) is 6.61 Å². The summed E-state index contributed by atoms with van der Waals surface area (Å²) in [7, 11) is 0. The lowest BCUT2D eigenvalue weighted by molar-refractivity contribution is -0.142. The molecular weight excluding hydrogens is 322 g/mol. The molecule has 0 aromatic heterocycles. The van der Waals surface area contributed by atoms with Crippen molar-refractivity contribution in [3.8, 4) is 11.1 Å². The van der Waals surface area contributed by atoms with Gasteiger partial charge in [-0.3, -0.25) is 4.79 Å². The van der Waals surface area contributed by atoms with Gasteiger partial charge in [-0.2, -0.15) is 0 Å². The molecule has 3 N–H and O–H groups in total. The highest BCUT2D eigenvalue weighted by molar-refractivity contribution is 5.79.